The lowest BCUT2D eigenvalue weighted by Gasteiger charge is -2.13. The summed E-state index contributed by atoms with van der Waals surface area (Å²) in [7, 11) is 3.39. The largest absolute Gasteiger partial charge is 0.493 e. The summed E-state index contributed by atoms with van der Waals surface area (Å²) in [4.78, 5) is 18.7. The third-order valence-electron chi connectivity index (χ3n) is 4.15. The Morgan fingerprint density at radius 2 is 2.04 bits per heavy atom. The van der Waals surface area contributed by atoms with Crippen molar-refractivity contribution in [1.82, 2.24) is 9.88 Å². The van der Waals surface area contributed by atoms with Crippen LogP contribution in [-0.4, -0.2) is 36.6 Å². The van der Waals surface area contributed by atoms with Gasteiger partial charge in [-0.1, -0.05) is 25.1 Å². The molecule has 0 aliphatic rings. The molecular weight excluding hydrogens is 372 g/mol. The molecule has 1 aromatic heterocycles. The molecule has 0 radical (unpaired) electrons. The molecule has 3 rings (SSSR count). The quantitative estimate of drug-likeness (QED) is 0.515. The molecule has 0 aliphatic carbocycles. The predicted molar refractivity (Wildman–Crippen MR) is 114 cm³/mol. The number of para-hydroxylation sites is 1. The van der Waals surface area contributed by atoms with Crippen molar-refractivity contribution in [2.24, 2.45) is 0 Å². The third kappa shape index (κ3) is 4.89. The van der Waals surface area contributed by atoms with Gasteiger partial charge in [0.25, 0.3) is 0 Å². The monoisotopic (exact) mass is 396 g/mol. The van der Waals surface area contributed by atoms with Crippen LogP contribution in [0, 0.1) is 0 Å². The summed E-state index contributed by atoms with van der Waals surface area (Å²) in [5.41, 5.74) is 1.85. The molecule has 0 unspecified atom stereocenters. The van der Waals surface area contributed by atoms with Crippen LogP contribution in [0.1, 0.15) is 23.9 Å². The fourth-order valence-electron chi connectivity index (χ4n) is 2.68. The minimum absolute atomic E-state index is 0.0791. The Kier molecular flexibility index (Phi) is 6.66. The molecule has 0 saturated heterocycles. The topological polar surface area (TPSA) is 51.7 Å². The van der Waals surface area contributed by atoms with Gasteiger partial charge in [0.1, 0.15) is 5.01 Å². The highest BCUT2D eigenvalue weighted by atomic mass is 32.1. The zero-order valence-electron chi connectivity index (χ0n) is 16.3. The Morgan fingerprint density at radius 1 is 1.21 bits per heavy atom. The SMILES string of the molecule is CCCOc1ccc(/C=C/C(=O)N(C)Cc2nc3ccccc3s2)cc1OC. The standard InChI is InChI=1S/C22H24N2O3S/c1-4-13-27-18-11-9-16(14-19(18)26-3)10-12-22(25)24(2)15-21-23-17-7-5-6-8-20(17)28-21/h5-12,14H,4,13,15H2,1-3H3/b12-10+. The summed E-state index contributed by atoms with van der Waals surface area (Å²) in [6.45, 7) is 3.18. The molecule has 0 saturated carbocycles. The lowest BCUT2D eigenvalue weighted by molar-refractivity contribution is -0.125. The van der Waals surface area contributed by atoms with E-state index in [0.29, 0.717) is 24.7 Å². The number of aromatic nitrogens is 1. The van der Waals surface area contributed by atoms with Gasteiger partial charge < -0.3 is 14.4 Å². The Hall–Kier alpha value is -2.86. The van der Waals surface area contributed by atoms with E-state index in [1.807, 2.05) is 42.5 Å². The van der Waals surface area contributed by atoms with E-state index in [1.165, 1.54) is 0 Å². The first-order valence-electron chi connectivity index (χ1n) is 9.19. The first kappa shape index (κ1) is 19.9. The maximum absolute atomic E-state index is 12.5. The summed E-state index contributed by atoms with van der Waals surface area (Å²) in [5.74, 6) is 1.29. The second kappa shape index (κ2) is 9.37. The predicted octanol–water partition coefficient (Wildman–Crippen LogP) is 4.77. The molecule has 0 spiro atoms. The average Bonchev–Trinajstić information content (AvgIpc) is 3.12. The summed E-state index contributed by atoms with van der Waals surface area (Å²) < 4.78 is 12.2. The number of thiazole rings is 1. The molecule has 28 heavy (non-hydrogen) atoms. The number of fused-ring (bicyclic) bond motifs is 1. The fraction of sp³-hybridized carbons (Fsp3) is 0.273. The molecule has 0 N–H and O–H groups in total. The van der Waals surface area contributed by atoms with E-state index in [-0.39, 0.29) is 5.91 Å². The van der Waals surface area contributed by atoms with Crippen molar-refractivity contribution in [3.8, 4) is 11.5 Å². The Bertz CT molecular complexity index is 948. The van der Waals surface area contributed by atoms with Gasteiger partial charge in [-0.25, -0.2) is 4.98 Å². The molecule has 146 valence electrons. The molecular formula is C22H24N2O3S. The van der Waals surface area contributed by atoms with Crippen molar-refractivity contribution >= 4 is 33.5 Å². The van der Waals surface area contributed by atoms with Crippen LogP contribution in [-0.2, 0) is 11.3 Å². The van der Waals surface area contributed by atoms with Crippen LogP contribution in [0.25, 0.3) is 16.3 Å². The number of benzene rings is 2. The van der Waals surface area contributed by atoms with E-state index < -0.39 is 0 Å². The summed E-state index contributed by atoms with van der Waals surface area (Å²) in [6, 6.07) is 13.6. The van der Waals surface area contributed by atoms with Gasteiger partial charge in [0.15, 0.2) is 11.5 Å². The molecule has 0 bridgehead atoms. The summed E-state index contributed by atoms with van der Waals surface area (Å²) in [6.07, 6.45) is 4.28. The van der Waals surface area contributed by atoms with E-state index in [0.717, 1.165) is 27.2 Å². The van der Waals surface area contributed by atoms with Gasteiger partial charge in [0, 0.05) is 13.1 Å². The van der Waals surface area contributed by atoms with E-state index in [4.69, 9.17) is 9.47 Å². The van der Waals surface area contributed by atoms with Gasteiger partial charge in [0.05, 0.1) is 30.5 Å². The van der Waals surface area contributed by atoms with Crippen LogP contribution in [0.3, 0.4) is 0 Å². The summed E-state index contributed by atoms with van der Waals surface area (Å²) in [5, 5.41) is 0.921. The lowest BCUT2D eigenvalue weighted by Crippen LogP contribution is -2.23. The first-order valence-corrected chi connectivity index (χ1v) is 10.0. The number of rotatable bonds is 8. The zero-order valence-corrected chi connectivity index (χ0v) is 17.2. The zero-order chi connectivity index (χ0) is 19.9. The van der Waals surface area contributed by atoms with Crippen molar-refractivity contribution in [3.63, 3.8) is 0 Å². The number of amides is 1. The molecule has 2 aromatic carbocycles. The number of nitrogens with zero attached hydrogens (tertiary/aromatic N) is 2. The Morgan fingerprint density at radius 3 is 2.79 bits per heavy atom. The number of likely N-dealkylation sites (N-methyl/N-ethyl adjacent to an activating group) is 1. The number of carbonyl (C=O) groups is 1. The van der Waals surface area contributed by atoms with E-state index >= 15 is 0 Å². The molecule has 6 heteroatoms. The highest BCUT2D eigenvalue weighted by Gasteiger charge is 2.10. The van der Waals surface area contributed by atoms with Gasteiger partial charge in [-0.2, -0.15) is 0 Å². The third-order valence-corrected chi connectivity index (χ3v) is 5.18. The molecule has 1 amide bonds. The van der Waals surface area contributed by atoms with Crippen molar-refractivity contribution in [3.05, 3.63) is 59.1 Å². The maximum Gasteiger partial charge on any atom is 0.246 e. The Labute approximate surface area is 169 Å². The molecule has 5 nitrogen and oxygen atoms in total. The number of ether oxygens (including phenoxy) is 2. The van der Waals surface area contributed by atoms with Crippen LogP contribution in [0.4, 0.5) is 0 Å². The molecule has 3 aromatic rings. The molecule has 0 atom stereocenters. The van der Waals surface area contributed by atoms with Crippen LogP contribution >= 0.6 is 11.3 Å². The van der Waals surface area contributed by atoms with Gasteiger partial charge in [-0.15, -0.1) is 11.3 Å². The van der Waals surface area contributed by atoms with Gasteiger partial charge in [-0.05, 0) is 42.3 Å². The van der Waals surface area contributed by atoms with E-state index in [9.17, 15) is 4.79 Å². The normalized spacial score (nSPS) is 11.1. The van der Waals surface area contributed by atoms with E-state index in [1.54, 1.807) is 42.5 Å². The summed E-state index contributed by atoms with van der Waals surface area (Å²) >= 11 is 1.61. The van der Waals surface area contributed by atoms with Crippen molar-refractivity contribution in [1.29, 1.82) is 0 Å². The molecule has 0 aliphatic heterocycles. The highest BCUT2D eigenvalue weighted by molar-refractivity contribution is 7.18. The maximum atomic E-state index is 12.5. The van der Waals surface area contributed by atoms with Crippen LogP contribution in [0.5, 0.6) is 11.5 Å². The van der Waals surface area contributed by atoms with Gasteiger partial charge >= 0.3 is 0 Å². The minimum atomic E-state index is -0.0791. The molecule has 1 heterocycles. The van der Waals surface area contributed by atoms with Crippen LogP contribution in [0.15, 0.2) is 48.5 Å². The van der Waals surface area contributed by atoms with Crippen molar-refractivity contribution in [2.75, 3.05) is 20.8 Å². The fourth-order valence-corrected chi connectivity index (χ4v) is 3.70. The number of carbonyl (C=O) groups excluding carboxylic acids is 1. The smallest absolute Gasteiger partial charge is 0.246 e. The number of methoxy groups -OCH3 is 1. The first-order chi connectivity index (χ1) is 13.6. The van der Waals surface area contributed by atoms with Gasteiger partial charge in [-0.3, -0.25) is 4.79 Å². The second-order valence-electron chi connectivity index (χ2n) is 6.36. The van der Waals surface area contributed by atoms with E-state index in [2.05, 4.69) is 11.9 Å². The second-order valence-corrected chi connectivity index (χ2v) is 7.48. The van der Waals surface area contributed by atoms with Crippen LogP contribution in [0.2, 0.25) is 0 Å². The Balaban J connectivity index is 1.65. The minimum Gasteiger partial charge on any atom is -0.493 e. The number of hydrogen-bond donors (Lipinski definition) is 0. The molecule has 0 fully saturated rings. The highest BCUT2D eigenvalue weighted by Crippen LogP contribution is 2.28. The average molecular weight is 397 g/mol. The van der Waals surface area contributed by atoms with Gasteiger partial charge in [0.2, 0.25) is 5.91 Å². The van der Waals surface area contributed by atoms with Crippen molar-refractivity contribution < 1.29 is 14.3 Å². The van der Waals surface area contributed by atoms with Crippen molar-refractivity contribution in [2.45, 2.75) is 19.9 Å². The lowest BCUT2D eigenvalue weighted by atomic mass is 10.2. The van der Waals surface area contributed by atoms with Crippen LogP contribution < -0.4 is 9.47 Å². The number of hydrogen-bond acceptors (Lipinski definition) is 5.